The Morgan fingerprint density at radius 1 is 0.952 bits per heavy atom. The highest BCUT2D eigenvalue weighted by molar-refractivity contribution is 9.10. The summed E-state index contributed by atoms with van der Waals surface area (Å²) in [5, 5.41) is 3.37. The van der Waals surface area contributed by atoms with Gasteiger partial charge in [0.2, 0.25) is 21.8 Å². The van der Waals surface area contributed by atoms with Gasteiger partial charge >= 0.3 is 0 Å². The number of amides is 2. The zero-order valence-electron chi connectivity index (χ0n) is 23.3. The fraction of sp³-hybridized carbons (Fsp3) is 0.355. The minimum atomic E-state index is -3.96. The molecule has 1 atom stereocenters. The van der Waals surface area contributed by atoms with Crippen LogP contribution in [0.1, 0.15) is 43.2 Å². The van der Waals surface area contributed by atoms with Gasteiger partial charge in [-0.2, -0.15) is 0 Å². The summed E-state index contributed by atoms with van der Waals surface area (Å²) >= 11 is 16.1. The third kappa shape index (κ3) is 8.72. The zero-order chi connectivity index (χ0) is 30.3. The van der Waals surface area contributed by atoms with Crippen LogP contribution in [-0.4, -0.2) is 50.0 Å². The van der Waals surface area contributed by atoms with Gasteiger partial charge in [-0.1, -0.05) is 107 Å². The summed E-state index contributed by atoms with van der Waals surface area (Å²) in [7, 11) is -3.96. The van der Waals surface area contributed by atoms with Crippen LogP contribution in [0.25, 0.3) is 0 Å². The normalized spacial score (nSPS) is 14.7. The first kappa shape index (κ1) is 32.3. The van der Waals surface area contributed by atoms with Crippen molar-refractivity contribution in [2.45, 2.75) is 57.2 Å². The molecule has 1 saturated carbocycles. The Kier molecular flexibility index (Phi) is 11.3. The maximum Gasteiger partial charge on any atom is 0.244 e. The van der Waals surface area contributed by atoms with Gasteiger partial charge in [0, 0.05) is 23.5 Å². The quantitative estimate of drug-likeness (QED) is 0.245. The van der Waals surface area contributed by atoms with E-state index in [9.17, 15) is 18.0 Å². The standard InChI is InChI=1S/C31H34BrCl2N3O4S/c1-42(40,41)37(27-17-9-16-26(33)30(27)34)21-29(38)36(20-23-12-8-13-24(32)18-23)28(19-22-10-4-2-5-11-22)31(39)35-25-14-6-3-7-15-25/h2,4-5,8-13,16-18,25,28H,3,6-7,14-15,19-21H2,1H3,(H,35,39). The maximum absolute atomic E-state index is 14.2. The second kappa shape index (κ2) is 14.7. The summed E-state index contributed by atoms with van der Waals surface area (Å²) in [6.45, 7) is -0.469. The van der Waals surface area contributed by atoms with Gasteiger partial charge in [-0.15, -0.1) is 0 Å². The van der Waals surface area contributed by atoms with Crippen molar-refractivity contribution in [2.24, 2.45) is 0 Å². The predicted octanol–water partition coefficient (Wildman–Crippen LogP) is 6.61. The van der Waals surface area contributed by atoms with Crippen LogP contribution in [0.3, 0.4) is 0 Å². The monoisotopic (exact) mass is 693 g/mol. The molecule has 1 N–H and O–H groups in total. The first-order chi connectivity index (χ1) is 20.0. The largest absolute Gasteiger partial charge is 0.352 e. The van der Waals surface area contributed by atoms with Crippen molar-refractivity contribution < 1.29 is 18.0 Å². The number of hydrogen-bond acceptors (Lipinski definition) is 4. The average molecular weight is 696 g/mol. The molecule has 7 nitrogen and oxygen atoms in total. The molecule has 0 aliphatic heterocycles. The summed E-state index contributed by atoms with van der Waals surface area (Å²) in [4.78, 5) is 29.7. The molecule has 2 amide bonds. The summed E-state index contributed by atoms with van der Waals surface area (Å²) in [5.41, 5.74) is 1.76. The van der Waals surface area contributed by atoms with Gasteiger partial charge in [0.05, 0.1) is 22.0 Å². The molecule has 1 fully saturated rings. The average Bonchev–Trinajstić information content (AvgIpc) is 2.95. The predicted molar refractivity (Wildman–Crippen MR) is 172 cm³/mol. The van der Waals surface area contributed by atoms with E-state index in [4.69, 9.17) is 23.2 Å². The first-order valence-electron chi connectivity index (χ1n) is 13.8. The lowest BCUT2D eigenvalue weighted by atomic mass is 9.94. The van der Waals surface area contributed by atoms with E-state index in [1.54, 1.807) is 12.1 Å². The molecular formula is C31H34BrCl2N3O4S. The molecule has 224 valence electrons. The van der Waals surface area contributed by atoms with Crippen molar-refractivity contribution in [1.29, 1.82) is 0 Å². The number of benzene rings is 3. The summed E-state index contributed by atoms with van der Waals surface area (Å²) in [6, 6.07) is 20.7. The van der Waals surface area contributed by atoms with Crippen molar-refractivity contribution in [3.63, 3.8) is 0 Å². The van der Waals surface area contributed by atoms with E-state index in [2.05, 4.69) is 21.2 Å². The Morgan fingerprint density at radius 3 is 2.29 bits per heavy atom. The summed E-state index contributed by atoms with van der Waals surface area (Å²) in [6.07, 6.45) is 6.26. The van der Waals surface area contributed by atoms with Crippen LogP contribution < -0.4 is 9.62 Å². The fourth-order valence-corrected chi connectivity index (χ4v) is 6.96. The van der Waals surface area contributed by atoms with Crippen LogP contribution >= 0.6 is 39.1 Å². The van der Waals surface area contributed by atoms with Gasteiger partial charge in [0.1, 0.15) is 12.6 Å². The second-order valence-electron chi connectivity index (χ2n) is 10.5. The smallest absolute Gasteiger partial charge is 0.244 e. The number of nitrogens with zero attached hydrogens (tertiary/aromatic N) is 2. The van der Waals surface area contributed by atoms with Gasteiger partial charge in [0.15, 0.2) is 0 Å². The van der Waals surface area contributed by atoms with Crippen molar-refractivity contribution >= 4 is 66.7 Å². The highest BCUT2D eigenvalue weighted by atomic mass is 79.9. The third-order valence-electron chi connectivity index (χ3n) is 7.34. The number of anilines is 1. The highest BCUT2D eigenvalue weighted by Gasteiger charge is 2.34. The van der Waals surface area contributed by atoms with Gasteiger partial charge in [-0.05, 0) is 48.2 Å². The molecule has 0 bridgehead atoms. The van der Waals surface area contributed by atoms with Gasteiger partial charge in [0.25, 0.3) is 0 Å². The van der Waals surface area contributed by atoms with E-state index in [-0.39, 0.29) is 40.6 Å². The van der Waals surface area contributed by atoms with Crippen LogP contribution in [0.5, 0.6) is 0 Å². The number of sulfonamides is 1. The molecule has 1 aliphatic carbocycles. The molecule has 1 aliphatic rings. The SMILES string of the molecule is CS(=O)(=O)N(CC(=O)N(Cc1cccc(Br)c1)C(Cc1ccccc1)C(=O)NC1CCCCC1)c1cccc(Cl)c1Cl. The summed E-state index contributed by atoms with van der Waals surface area (Å²) < 4.78 is 27.7. The van der Waals surface area contributed by atoms with E-state index in [1.165, 1.54) is 11.0 Å². The number of carbonyl (C=O) groups is 2. The van der Waals surface area contributed by atoms with Crippen molar-refractivity contribution in [1.82, 2.24) is 10.2 Å². The molecule has 3 aromatic rings. The molecule has 3 aromatic carbocycles. The molecular weight excluding hydrogens is 661 g/mol. The Balaban J connectivity index is 1.74. The Bertz CT molecular complexity index is 1500. The lowest BCUT2D eigenvalue weighted by Crippen LogP contribution is -2.55. The Morgan fingerprint density at radius 2 is 1.62 bits per heavy atom. The van der Waals surface area contributed by atoms with E-state index >= 15 is 0 Å². The van der Waals surface area contributed by atoms with Crippen molar-refractivity contribution in [3.8, 4) is 0 Å². The van der Waals surface area contributed by atoms with E-state index in [1.807, 2.05) is 54.6 Å². The Labute approximate surface area is 266 Å². The minimum Gasteiger partial charge on any atom is -0.352 e. The number of hydrogen-bond donors (Lipinski definition) is 1. The van der Waals surface area contributed by atoms with Crippen LogP contribution in [-0.2, 0) is 32.6 Å². The van der Waals surface area contributed by atoms with Crippen LogP contribution in [0.2, 0.25) is 10.0 Å². The number of carbonyl (C=O) groups excluding carboxylic acids is 2. The molecule has 0 heterocycles. The van der Waals surface area contributed by atoms with Crippen LogP contribution in [0.4, 0.5) is 5.69 Å². The van der Waals surface area contributed by atoms with Crippen molar-refractivity contribution in [3.05, 3.63) is 98.4 Å². The molecule has 0 radical (unpaired) electrons. The molecule has 1 unspecified atom stereocenters. The van der Waals surface area contributed by atoms with E-state index in [0.717, 1.165) is 58.3 Å². The van der Waals surface area contributed by atoms with Gasteiger partial charge < -0.3 is 10.2 Å². The third-order valence-corrected chi connectivity index (χ3v) is 9.77. The van der Waals surface area contributed by atoms with E-state index in [0.29, 0.717) is 0 Å². The number of nitrogens with one attached hydrogen (secondary N) is 1. The van der Waals surface area contributed by atoms with Crippen molar-refractivity contribution in [2.75, 3.05) is 17.1 Å². The highest BCUT2D eigenvalue weighted by Crippen LogP contribution is 2.34. The lowest BCUT2D eigenvalue weighted by Gasteiger charge is -2.35. The molecule has 0 saturated heterocycles. The molecule has 0 aromatic heterocycles. The fourth-order valence-electron chi connectivity index (χ4n) is 5.21. The second-order valence-corrected chi connectivity index (χ2v) is 14.2. The first-order valence-corrected chi connectivity index (χ1v) is 17.2. The summed E-state index contributed by atoms with van der Waals surface area (Å²) in [5.74, 6) is -0.808. The topological polar surface area (TPSA) is 86.8 Å². The molecule has 0 spiro atoms. The maximum atomic E-state index is 14.2. The molecule has 11 heteroatoms. The van der Waals surface area contributed by atoms with E-state index < -0.39 is 28.5 Å². The van der Waals surface area contributed by atoms with Crippen LogP contribution in [0.15, 0.2) is 77.3 Å². The minimum absolute atomic E-state index is 0.0202. The Hall–Kier alpha value is -2.59. The van der Waals surface area contributed by atoms with Crippen LogP contribution in [0, 0.1) is 0 Å². The van der Waals surface area contributed by atoms with Gasteiger partial charge in [-0.3, -0.25) is 13.9 Å². The molecule has 42 heavy (non-hydrogen) atoms. The molecule has 4 rings (SSSR count). The number of rotatable bonds is 11. The number of halogens is 3. The van der Waals surface area contributed by atoms with Gasteiger partial charge in [-0.25, -0.2) is 8.42 Å². The zero-order valence-corrected chi connectivity index (χ0v) is 27.2. The lowest BCUT2D eigenvalue weighted by molar-refractivity contribution is -0.140.